The summed E-state index contributed by atoms with van der Waals surface area (Å²) in [4.78, 5) is 10.5. The van der Waals surface area contributed by atoms with Crippen molar-refractivity contribution in [1.29, 1.82) is 0 Å². The molecule has 0 fully saturated rings. The van der Waals surface area contributed by atoms with E-state index in [2.05, 4.69) is 29.4 Å². The molecule has 0 heterocycles. The standard InChI is InChI=1S/C11H11BrO.2C2H6/c1-3-9-6-10(12)4-5-11(9)8(2)7-13;2*1-2/h4-7H,2-3H2,1H3;2*1-2H3. The largest absolute Gasteiger partial charge is 0.298 e. The second kappa shape index (κ2) is 11.6. The van der Waals surface area contributed by atoms with E-state index in [1.807, 2.05) is 45.9 Å². The van der Waals surface area contributed by atoms with Crippen LogP contribution in [0.4, 0.5) is 0 Å². The van der Waals surface area contributed by atoms with Crippen molar-refractivity contribution in [3.8, 4) is 0 Å². The second-order valence-electron chi connectivity index (χ2n) is 2.80. The number of aldehydes is 1. The minimum atomic E-state index is 0.546. The van der Waals surface area contributed by atoms with Crippen molar-refractivity contribution in [2.45, 2.75) is 41.0 Å². The van der Waals surface area contributed by atoms with Gasteiger partial charge in [0.2, 0.25) is 0 Å². The Labute approximate surface area is 114 Å². The lowest BCUT2D eigenvalue weighted by Crippen LogP contribution is -1.92. The molecule has 2 heteroatoms. The van der Waals surface area contributed by atoms with Gasteiger partial charge in [-0.15, -0.1) is 0 Å². The average Bonchev–Trinajstić information content (AvgIpc) is 2.42. The van der Waals surface area contributed by atoms with Gasteiger partial charge >= 0.3 is 0 Å². The van der Waals surface area contributed by atoms with Crippen LogP contribution in [0.3, 0.4) is 0 Å². The Hall–Kier alpha value is -0.890. The Morgan fingerprint density at radius 1 is 1.29 bits per heavy atom. The quantitative estimate of drug-likeness (QED) is 0.548. The van der Waals surface area contributed by atoms with E-state index in [0.29, 0.717) is 5.57 Å². The molecule has 0 aliphatic carbocycles. The summed E-state index contributed by atoms with van der Waals surface area (Å²) in [5.74, 6) is 0. The van der Waals surface area contributed by atoms with Gasteiger partial charge in [-0.25, -0.2) is 0 Å². The fourth-order valence-corrected chi connectivity index (χ4v) is 1.64. The molecule has 0 aliphatic rings. The monoisotopic (exact) mass is 298 g/mol. The Kier molecular flexibility index (Phi) is 12.6. The molecule has 0 spiro atoms. The fraction of sp³-hybridized carbons (Fsp3) is 0.400. The van der Waals surface area contributed by atoms with Crippen LogP contribution in [0.25, 0.3) is 5.57 Å². The number of halogens is 1. The zero-order valence-corrected chi connectivity index (χ0v) is 13.1. The van der Waals surface area contributed by atoms with Gasteiger partial charge in [-0.1, -0.05) is 63.2 Å². The van der Waals surface area contributed by atoms with Crippen LogP contribution in [0.15, 0.2) is 29.3 Å². The van der Waals surface area contributed by atoms with Gasteiger partial charge in [-0.05, 0) is 29.7 Å². The number of benzene rings is 1. The molecule has 0 aromatic heterocycles. The van der Waals surface area contributed by atoms with Crippen LogP contribution in [0.2, 0.25) is 0 Å². The van der Waals surface area contributed by atoms with Crippen LogP contribution in [0, 0.1) is 0 Å². The highest BCUT2D eigenvalue weighted by Gasteiger charge is 2.03. The van der Waals surface area contributed by atoms with Gasteiger partial charge < -0.3 is 0 Å². The predicted octanol–water partition coefficient (Wildman–Crippen LogP) is 5.28. The maximum atomic E-state index is 10.5. The number of hydrogen-bond donors (Lipinski definition) is 0. The predicted molar refractivity (Wildman–Crippen MR) is 81.3 cm³/mol. The van der Waals surface area contributed by atoms with E-state index in [4.69, 9.17) is 0 Å². The number of aryl methyl sites for hydroxylation is 1. The molecule has 1 aromatic carbocycles. The molecular formula is C15H23BrO. The zero-order chi connectivity index (χ0) is 13.8. The fourth-order valence-electron chi connectivity index (χ4n) is 1.23. The smallest absolute Gasteiger partial charge is 0.150 e. The van der Waals surface area contributed by atoms with Crippen molar-refractivity contribution in [2.75, 3.05) is 0 Å². The average molecular weight is 299 g/mol. The number of carbonyl (C=O) groups is 1. The van der Waals surface area contributed by atoms with Crippen LogP contribution < -0.4 is 0 Å². The molecule has 0 unspecified atom stereocenters. The summed E-state index contributed by atoms with van der Waals surface area (Å²) in [5, 5.41) is 0. The highest BCUT2D eigenvalue weighted by molar-refractivity contribution is 9.10. The molecule has 0 aliphatic heterocycles. The van der Waals surface area contributed by atoms with Gasteiger partial charge in [0, 0.05) is 10.0 Å². The third-order valence-electron chi connectivity index (χ3n) is 1.94. The van der Waals surface area contributed by atoms with Gasteiger partial charge in [0.15, 0.2) is 0 Å². The number of hydrogen-bond acceptors (Lipinski definition) is 1. The molecule has 0 N–H and O–H groups in total. The van der Waals surface area contributed by atoms with E-state index in [0.717, 1.165) is 28.3 Å². The summed E-state index contributed by atoms with van der Waals surface area (Å²) in [6.45, 7) is 13.8. The second-order valence-corrected chi connectivity index (χ2v) is 3.71. The zero-order valence-electron chi connectivity index (χ0n) is 11.5. The van der Waals surface area contributed by atoms with Crippen LogP contribution in [0.1, 0.15) is 45.7 Å². The molecule has 1 rings (SSSR count). The van der Waals surface area contributed by atoms with E-state index in [1.165, 1.54) is 0 Å². The molecule has 0 radical (unpaired) electrons. The molecule has 17 heavy (non-hydrogen) atoms. The first kappa shape index (κ1) is 18.5. The van der Waals surface area contributed by atoms with Gasteiger partial charge in [-0.2, -0.15) is 0 Å². The number of allylic oxidation sites excluding steroid dienone is 1. The number of rotatable bonds is 3. The molecule has 0 bridgehead atoms. The van der Waals surface area contributed by atoms with Crippen molar-refractivity contribution in [1.82, 2.24) is 0 Å². The van der Waals surface area contributed by atoms with E-state index in [1.54, 1.807) is 0 Å². The molecule has 0 amide bonds. The maximum Gasteiger partial charge on any atom is 0.150 e. The summed E-state index contributed by atoms with van der Waals surface area (Å²) in [7, 11) is 0. The first-order valence-electron chi connectivity index (χ1n) is 6.12. The molecular weight excluding hydrogens is 276 g/mol. The number of carbonyl (C=O) groups excluding carboxylic acids is 1. The van der Waals surface area contributed by atoms with Crippen molar-refractivity contribution in [3.63, 3.8) is 0 Å². The molecule has 1 aromatic rings. The first-order valence-corrected chi connectivity index (χ1v) is 6.91. The van der Waals surface area contributed by atoms with Crippen molar-refractivity contribution < 1.29 is 4.79 Å². The van der Waals surface area contributed by atoms with Crippen LogP contribution in [-0.4, -0.2) is 6.29 Å². The van der Waals surface area contributed by atoms with Crippen molar-refractivity contribution in [2.24, 2.45) is 0 Å². The van der Waals surface area contributed by atoms with Gasteiger partial charge in [0.1, 0.15) is 6.29 Å². The summed E-state index contributed by atoms with van der Waals surface area (Å²) in [6, 6.07) is 5.85. The maximum absolute atomic E-state index is 10.5. The van der Waals surface area contributed by atoms with Crippen LogP contribution >= 0.6 is 15.9 Å². The minimum absolute atomic E-state index is 0.546. The SMILES string of the molecule is C=C(C=O)c1ccc(Br)cc1CC.CC.CC. The van der Waals surface area contributed by atoms with E-state index in [9.17, 15) is 4.79 Å². The molecule has 1 nitrogen and oxygen atoms in total. The first-order chi connectivity index (χ1) is 8.19. The summed E-state index contributed by atoms with van der Waals surface area (Å²) >= 11 is 3.39. The normalized spacial score (nSPS) is 8.12. The van der Waals surface area contributed by atoms with E-state index in [-0.39, 0.29) is 0 Å². The lowest BCUT2D eigenvalue weighted by atomic mass is 10.0. The van der Waals surface area contributed by atoms with Gasteiger partial charge in [0.25, 0.3) is 0 Å². The highest BCUT2D eigenvalue weighted by atomic mass is 79.9. The Balaban J connectivity index is 0. The third kappa shape index (κ3) is 6.42. The van der Waals surface area contributed by atoms with E-state index >= 15 is 0 Å². The topological polar surface area (TPSA) is 17.1 Å². The Bertz CT molecular complexity index is 343. The highest BCUT2D eigenvalue weighted by Crippen LogP contribution is 2.21. The summed E-state index contributed by atoms with van der Waals surface area (Å²) in [5.41, 5.74) is 2.64. The molecule has 0 saturated carbocycles. The van der Waals surface area contributed by atoms with Gasteiger partial charge in [-0.3, -0.25) is 4.79 Å². The lowest BCUT2D eigenvalue weighted by molar-refractivity contribution is -0.103. The molecule has 0 saturated heterocycles. The van der Waals surface area contributed by atoms with Crippen LogP contribution in [0.5, 0.6) is 0 Å². The van der Waals surface area contributed by atoms with Crippen LogP contribution in [-0.2, 0) is 11.2 Å². The Morgan fingerprint density at radius 3 is 2.24 bits per heavy atom. The molecule has 96 valence electrons. The summed E-state index contributed by atoms with van der Waals surface area (Å²) < 4.78 is 1.03. The van der Waals surface area contributed by atoms with Crippen molar-refractivity contribution in [3.05, 3.63) is 40.4 Å². The lowest BCUT2D eigenvalue weighted by Gasteiger charge is -2.06. The van der Waals surface area contributed by atoms with Gasteiger partial charge in [0.05, 0.1) is 0 Å². The minimum Gasteiger partial charge on any atom is -0.298 e. The summed E-state index contributed by atoms with van der Waals surface area (Å²) in [6.07, 6.45) is 1.70. The Morgan fingerprint density at radius 2 is 1.82 bits per heavy atom. The third-order valence-corrected chi connectivity index (χ3v) is 2.43. The van der Waals surface area contributed by atoms with Crippen molar-refractivity contribution >= 4 is 27.8 Å². The molecule has 0 atom stereocenters. The van der Waals surface area contributed by atoms with E-state index < -0.39 is 0 Å².